The minimum absolute atomic E-state index is 0.0694. The molecule has 1 unspecified atom stereocenters. The first kappa shape index (κ1) is 10.9. The lowest BCUT2D eigenvalue weighted by Gasteiger charge is -2.18. The molecule has 0 bridgehead atoms. The molecule has 5 nitrogen and oxygen atoms in total. The van der Waals surface area contributed by atoms with Gasteiger partial charge in [-0.05, 0) is 22.0 Å². The predicted octanol–water partition coefficient (Wildman–Crippen LogP) is 1.29. The summed E-state index contributed by atoms with van der Waals surface area (Å²) in [7, 11) is 0. The SMILES string of the molecule is O=C(O)C1Cc2c(O)c(O)cc(Br)c2C=N1. The molecule has 0 spiro atoms. The molecule has 0 fully saturated rings. The van der Waals surface area contributed by atoms with Crippen LogP contribution in [0, 0.1) is 0 Å². The van der Waals surface area contributed by atoms with E-state index in [1.807, 2.05) is 0 Å². The van der Waals surface area contributed by atoms with Crippen molar-refractivity contribution in [3.63, 3.8) is 0 Å². The maximum atomic E-state index is 10.8. The van der Waals surface area contributed by atoms with Gasteiger partial charge in [0.05, 0.1) is 0 Å². The van der Waals surface area contributed by atoms with Crippen molar-refractivity contribution in [2.75, 3.05) is 0 Å². The van der Waals surface area contributed by atoms with Gasteiger partial charge < -0.3 is 15.3 Å². The van der Waals surface area contributed by atoms with Gasteiger partial charge in [0.25, 0.3) is 0 Å². The second-order valence-electron chi connectivity index (χ2n) is 3.45. The van der Waals surface area contributed by atoms with E-state index < -0.39 is 12.0 Å². The zero-order valence-corrected chi connectivity index (χ0v) is 9.60. The summed E-state index contributed by atoms with van der Waals surface area (Å²) < 4.78 is 0.574. The number of hydrogen-bond acceptors (Lipinski definition) is 4. The van der Waals surface area contributed by atoms with Crippen molar-refractivity contribution >= 4 is 28.1 Å². The first-order chi connectivity index (χ1) is 7.50. The molecule has 1 aliphatic heterocycles. The van der Waals surface area contributed by atoms with Crippen LogP contribution in [-0.2, 0) is 11.2 Å². The molecule has 6 heteroatoms. The highest BCUT2D eigenvalue weighted by Crippen LogP contribution is 2.38. The molecular formula is C10H8BrNO4. The fourth-order valence-electron chi connectivity index (χ4n) is 1.60. The molecule has 0 amide bonds. The first-order valence-corrected chi connectivity index (χ1v) is 5.29. The standard InChI is InChI=1S/C10H8BrNO4/c11-6-2-8(13)9(14)4-1-7(10(15)16)12-3-5(4)6/h2-3,7,13-14H,1H2,(H,15,16). The Balaban J connectivity index is 2.55. The number of halogens is 1. The number of phenols is 2. The average molecular weight is 286 g/mol. The lowest BCUT2D eigenvalue weighted by Crippen LogP contribution is -2.24. The molecule has 84 valence electrons. The van der Waals surface area contributed by atoms with Crippen LogP contribution in [0.4, 0.5) is 0 Å². The topological polar surface area (TPSA) is 90.1 Å². The van der Waals surface area contributed by atoms with Crippen molar-refractivity contribution in [3.05, 3.63) is 21.7 Å². The smallest absolute Gasteiger partial charge is 0.328 e. The van der Waals surface area contributed by atoms with Gasteiger partial charge in [0, 0.05) is 28.2 Å². The van der Waals surface area contributed by atoms with Crippen molar-refractivity contribution in [1.82, 2.24) is 0 Å². The number of phenolic OH excluding ortho intramolecular Hbond substituents is 2. The Hall–Kier alpha value is -1.56. The Morgan fingerprint density at radius 1 is 1.50 bits per heavy atom. The summed E-state index contributed by atoms with van der Waals surface area (Å²) in [6.45, 7) is 0. The van der Waals surface area contributed by atoms with Crippen molar-refractivity contribution in [2.45, 2.75) is 12.5 Å². The van der Waals surface area contributed by atoms with Gasteiger partial charge in [0.15, 0.2) is 17.5 Å². The fraction of sp³-hybridized carbons (Fsp3) is 0.200. The van der Waals surface area contributed by atoms with Crippen molar-refractivity contribution < 1.29 is 20.1 Å². The molecule has 1 aliphatic rings. The minimum Gasteiger partial charge on any atom is -0.504 e. The van der Waals surface area contributed by atoms with Crippen LogP contribution in [0.2, 0.25) is 0 Å². The van der Waals surface area contributed by atoms with Crippen molar-refractivity contribution in [2.24, 2.45) is 4.99 Å². The van der Waals surface area contributed by atoms with Crippen LogP contribution in [0.25, 0.3) is 0 Å². The largest absolute Gasteiger partial charge is 0.504 e. The second-order valence-corrected chi connectivity index (χ2v) is 4.31. The Kier molecular flexibility index (Phi) is 2.59. The normalized spacial score (nSPS) is 18.2. The van der Waals surface area contributed by atoms with Crippen molar-refractivity contribution in [3.8, 4) is 11.5 Å². The third kappa shape index (κ3) is 1.65. The van der Waals surface area contributed by atoms with E-state index in [2.05, 4.69) is 20.9 Å². The Morgan fingerprint density at radius 3 is 2.81 bits per heavy atom. The number of fused-ring (bicyclic) bond motifs is 1. The lowest BCUT2D eigenvalue weighted by molar-refractivity contribution is -0.138. The zero-order valence-electron chi connectivity index (χ0n) is 8.01. The molecule has 0 radical (unpaired) electrons. The van der Waals surface area contributed by atoms with E-state index >= 15 is 0 Å². The Morgan fingerprint density at radius 2 is 2.19 bits per heavy atom. The van der Waals surface area contributed by atoms with Crippen LogP contribution in [0.1, 0.15) is 11.1 Å². The molecule has 1 aromatic rings. The van der Waals surface area contributed by atoms with Crippen LogP contribution >= 0.6 is 15.9 Å². The summed E-state index contributed by atoms with van der Waals surface area (Å²) in [6.07, 6.45) is 1.46. The number of aliphatic carboxylic acids is 1. The number of nitrogens with zero attached hydrogens (tertiary/aromatic N) is 1. The van der Waals surface area contributed by atoms with E-state index in [0.717, 1.165) is 0 Å². The average Bonchev–Trinajstić information content (AvgIpc) is 2.25. The van der Waals surface area contributed by atoms with Crippen LogP contribution in [0.15, 0.2) is 15.5 Å². The van der Waals surface area contributed by atoms with Gasteiger partial charge in [-0.1, -0.05) is 0 Å². The van der Waals surface area contributed by atoms with E-state index in [0.29, 0.717) is 15.6 Å². The summed E-state index contributed by atoms with van der Waals surface area (Å²) >= 11 is 3.21. The van der Waals surface area contributed by atoms with Crippen molar-refractivity contribution in [1.29, 1.82) is 0 Å². The summed E-state index contributed by atoms with van der Waals surface area (Å²) in [5, 5.41) is 27.9. The van der Waals surface area contributed by atoms with Gasteiger partial charge in [-0.25, -0.2) is 4.79 Å². The third-order valence-electron chi connectivity index (χ3n) is 2.44. The minimum atomic E-state index is -1.05. The number of hydrogen-bond donors (Lipinski definition) is 3. The molecule has 0 saturated heterocycles. The van der Waals surface area contributed by atoms with Crippen LogP contribution in [-0.4, -0.2) is 33.5 Å². The van der Waals surface area contributed by atoms with Gasteiger partial charge in [0.1, 0.15) is 0 Å². The van der Waals surface area contributed by atoms with E-state index in [4.69, 9.17) is 5.11 Å². The van der Waals surface area contributed by atoms with Gasteiger partial charge in [-0.15, -0.1) is 0 Å². The van der Waals surface area contributed by atoms with E-state index in [-0.39, 0.29) is 17.9 Å². The third-order valence-corrected chi connectivity index (χ3v) is 3.10. The van der Waals surface area contributed by atoms with Gasteiger partial charge in [-0.3, -0.25) is 4.99 Å². The van der Waals surface area contributed by atoms with Crippen LogP contribution < -0.4 is 0 Å². The number of aliphatic imine (C=N–C) groups is 1. The lowest BCUT2D eigenvalue weighted by atomic mass is 9.96. The van der Waals surface area contributed by atoms with E-state index in [9.17, 15) is 15.0 Å². The molecular weight excluding hydrogens is 278 g/mol. The zero-order chi connectivity index (χ0) is 11.9. The monoisotopic (exact) mass is 285 g/mol. The Labute approximate surface area is 99.2 Å². The highest BCUT2D eigenvalue weighted by Gasteiger charge is 2.26. The second kappa shape index (κ2) is 3.79. The highest BCUT2D eigenvalue weighted by molar-refractivity contribution is 9.10. The summed E-state index contributed by atoms with van der Waals surface area (Å²) in [4.78, 5) is 14.6. The van der Waals surface area contributed by atoms with Gasteiger partial charge in [0.2, 0.25) is 0 Å². The highest BCUT2D eigenvalue weighted by atomic mass is 79.9. The molecule has 2 rings (SSSR count). The van der Waals surface area contributed by atoms with E-state index in [1.165, 1.54) is 12.3 Å². The summed E-state index contributed by atoms with van der Waals surface area (Å²) in [5.41, 5.74) is 1.00. The number of aromatic hydroxyl groups is 2. The predicted molar refractivity (Wildman–Crippen MR) is 60.2 cm³/mol. The number of benzene rings is 1. The molecule has 0 aromatic heterocycles. The quantitative estimate of drug-likeness (QED) is 0.678. The molecule has 3 N–H and O–H groups in total. The van der Waals surface area contributed by atoms with Crippen LogP contribution in [0.5, 0.6) is 11.5 Å². The Bertz CT molecular complexity index is 498. The number of carboxylic acid groups (broad SMARTS) is 1. The molecule has 16 heavy (non-hydrogen) atoms. The van der Waals surface area contributed by atoms with Gasteiger partial charge in [-0.2, -0.15) is 0 Å². The maximum Gasteiger partial charge on any atom is 0.328 e. The molecule has 0 aliphatic carbocycles. The summed E-state index contributed by atoms with van der Waals surface area (Å²) in [6, 6.07) is 0.438. The molecule has 1 aromatic carbocycles. The van der Waals surface area contributed by atoms with Gasteiger partial charge >= 0.3 is 5.97 Å². The number of carboxylic acids is 1. The maximum absolute atomic E-state index is 10.8. The molecule has 1 atom stereocenters. The van der Waals surface area contributed by atoms with E-state index in [1.54, 1.807) is 0 Å². The molecule has 0 saturated carbocycles. The summed E-state index contributed by atoms with van der Waals surface area (Å²) in [5.74, 6) is -1.61. The fourth-order valence-corrected chi connectivity index (χ4v) is 2.16. The molecule has 1 heterocycles. The first-order valence-electron chi connectivity index (χ1n) is 4.50. The number of carbonyl (C=O) groups is 1. The number of rotatable bonds is 1. The van der Waals surface area contributed by atoms with Crippen LogP contribution in [0.3, 0.4) is 0 Å².